The smallest absolute Gasteiger partial charge is 0.408 e. The zero-order valence-corrected chi connectivity index (χ0v) is 28.7. The number of hydrogen-bond acceptors (Lipinski definition) is 5. The van der Waals surface area contributed by atoms with Crippen molar-refractivity contribution >= 4 is 12.0 Å². The van der Waals surface area contributed by atoms with E-state index in [0.717, 1.165) is 18.4 Å². The standard InChI is InChI=1S/C38H61N3O4/c1-5-6-7-8-9-10-11-12-13-14-15-16-17-18-19-23-28-39-36(42)35(41-37(43)45-38(2,3)4)29-33-26-27-34(30-40-33)44-31-32-24-21-20-22-25-32/h20-22,24-27,30,35H,5-19,23,28-29,31H2,1-4H3,(H,39,42)(H,41,43). The molecule has 2 aromatic rings. The van der Waals surface area contributed by atoms with Gasteiger partial charge in [-0.25, -0.2) is 4.79 Å². The summed E-state index contributed by atoms with van der Waals surface area (Å²) < 4.78 is 11.2. The van der Waals surface area contributed by atoms with Gasteiger partial charge in [0, 0.05) is 18.7 Å². The molecule has 2 amide bonds. The molecule has 1 heterocycles. The number of hydrogen-bond donors (Lipinski definition) is 2. The first-order valence-corrected chi connectivity index (χ1v) is 17.7. The van der Waals surface area contributed by atoms with Gasteiger partial charge in [-0.05, 0) is 44.9 Å². The maximum absolute atomic E-state index is 13.1. The number of nitrogens with zero attached hydrogens (tertiary/aromatic N) is 1. The fraction of sp³-hybridized carbons (Fsp3) is 0.658. The highest BCUT2D eigenvalue weighted by Gasteiger charge is 2.25. The van der Waals surface area contributed by atoms with E-state index >= 15 is 0 Å². The monoisotopic (exact) mass is 623 g/mol. The van der Waals surface area contributed by atoms with E-state index in [4.69, 9.17) is 9.47 Å². The minimum Gasteiger partial charge on any atom is -0.487 e. The molecule has 0 saturated heterocycles. The third-order valence-corrected chi connectivity index (χ3v) is 7.80. The predicted octanol–water partition coefficient (Wildman–Crippen LogP) is 9.47. The zero-order valence-electron chi connectivity index (χ0n) is 28.7. The first-order chi connectivity index (χ1) is 21.8. The molecule has 0 saturated carbocycles. The molecular weight excluding hydrogens is 562 g/mol. The van der Waals surface area contributed by atoms with Crippen molar-refractivity contribution in [2.75, 3.05) is 6.54 Å². The average molecular weight is 624 g/mol. The first kappa shape index (κ1) is 38.1. The summed E-state index contributed by atoms with van der Waals surface area (Å²) in [6.45, 7) is 8.71. The van der Waals surface area contributed by atoms with Gasteiger partial charge in [-0.3, -0.25) is 9.78 Å². The molecule has 252 valence electrons. The molecule has 7 heteroatoms. The van der Waals surface area contributed by atoms with Gasteiger partial charge in [0.25, 0.3) is 0 Å². The Bertz CT molecular complexity index is 1040. The topological polar surface area (TPSA) is 89.5 Å². The zero-order chi connectivity index (χ0) is 32.6. The van der Waals surface area contributed by atoms with E-state index in [1.807, 2.05) is 42.5 Å². The van der Waals surface area contributed by atoms with Gasteiger partial charge in [0.15, 0.2) is 0 Å². The molecule has 1 atom stereocenters. The molecule has 2 N–H and O–H groups in total. The summed E-state index contributed by atoms with van der Waals surface area (Å²) in [4.78, 5) is 30.1. The summed E-state index contributed by atoms with van der Waals surface area (Å²) in [6, 6.07) is 12.8. The van der Waals surface area contributed by atoms with Crippen LogP contribution < -0.4 is 15.4 Å². The Balaban J connectivity index is 1.65. The molecule has 1 unspecified atom stereocenters. The van der Waals surface area contributed by atoms with E-state index in [9.17, 15) is 9.59 Å². The van der Waals surface area contributed by atoms with Gasteiger partial charge in [-0.2, -0.15) is 0 Å². The lowest BCUT2D eigenvalue weighted by Gasteiger charge is -2.23. The van der Waals surface area contributed by atoms with Crippen LogP contribution in [-0.2, 0) is 22.6 Å². The highest BCUT2D eigenvalue weighted by Crippen LogP contribution is 2.15. The van der Waals surface area contributed by atoms with E-state index in [2.05, 4.69) is 22.5 Å². The second-order valence-electron chi connectivity index (χ2n) is 13.3. The Kier molecular flexibility index (Phi) is 19.7. The summed E-state index contributed by atoms with van der Waals surface area (Å²) in [5, 5.41) is 5.75. The Morgan fingerprint density at radius 3 is 1.82 bits per heavy atom. The molecule has 2 rings (SSSR count). The number of pyridine rings is 1. The normalized spacial score (nSPS) is 12.0. The molecule has 0 aliphatic heterocycles. The van der Waals surface area contributed by atoms with Crippen molar-refractivity contribution in [3.05, 3.63) is 59.9 Å². The van der Waals surface area contributed by atoms with Crippen LogP contribution in [0.5, 0.6) is 5.75 Å². The summed E-state index contributed by atoms with van der Waals surface area (Å²) in [5.74, 6) is 0.417. The van der Waals surface area contributed by atoms with Crippen molar-refractivity contribution < 1.29 is 19.1 Å². The maximum atomic E-state index is 13.1. The van der Waals surface area contributed by atoms with Gasteiger partial charge in [0.05, 0.1) is 6.20 Å². The maximum Gasteiger partial charge on any atom is 0.408 e. The number of aromatic nitrogens is 1. The lowest BCUT2D eigenvalue weighted by molar-refractivity contribution is -0.123. The number of unbranched alkanes of at least 4 members (excludes halogenated alkanes) is 15. The number of carbonyl (C=O) groups excluding carboxylic acids is 2. The third kappa shape index (κ3) is 19.8. The van der Waals surface area contributed by atoms with Crippen LogP contribution in [0, 0.1) is 0 Å². The first-order valence-electron chi connectivity index (χ1n) is 17.7. The molecule has 0 spiro atoms. The predicted molar refractivity (Wildman–Crippen MR) is 184 cm³/mol. The van der Waals surface area contributed by atoms with Crippen LogP contribution in [0.25, 0.3) is 0 Å². The van der Waals surface area contributed by atoms with Gasteiger partial charge in [-0.15, -0.1) is 0 Å². The van der Waals surface area contributed by atoms with Crippen molar-refractivity contribution in [1.82, 2.24) is 15.6 Å². The van der Waals surface area contributed by atoms with Crippen molar-refractivity contribution in [2.24, 2.45) is 0 Å². The van der Waals surface area contributed by atoms with Gasteiger partial charge >= 0.3 is 6.09 Å². The van der Waals surface area contributed by atoms with Crippen molar-refractivity contribution in [3.63, 3.8) is 0 Å². The fourth-order valence-corrected chi connectivity index (χ4v) is 5.23. The van der Waals surface area contributed by atoms with Crippen molar-refractivity contribution in [1.29, 1.82) is 0 Å². The third-order valence-electron chi connectivity index (χ3n) is 7.80. The molecule has 1 aromatic heterocycles. The largest absolute Gasteiger partial charge is 0.487 e. The van der Waals surface area contributed by atoms with E-state index in [1.54, 1.807) is 27.0 Å². The van der Waals surface area contributed by atoms with Gasteiger partial charge in [0.1, 0.15) is 24.0 Å². The van der Waals surface area contributed by atoms with Crippen LogP contribution in [0.3, 0.4) is 0 Å². The molecule has 45 heavy (non-hydrogen) atoms. The number of amides is 2. The quantitative estimate of drug-likeness (QED) is 0.114. The minimum absolute atomic E-state index is 0.229. The van der Waals surface area contributed by atoms with Gasteiger partial charge < -0.3 is 20.1 Å². The van der Waals surface area contributed by atoms with E-state index < -0.39 is 17.7 Å². The van der Waals surface area contributed by atoms with Crippen LogP contribution in [0.4, 0.5) is 4.79 Å². The fourth-order valence-electron chi connectivity index (χ4n) is 5.23. The SMILES string of the molecule is CCCCCCCCCCCCCCCCCCNC(=O)C(Cc1ccc(OCc2ccccc2)cn1)NC(=O)OC(C)(C)C. The number of alkyl carbamates (subject to hydrolysis) is 1. The van der Waals surface area contributed by atoms with Crippen molar-refractivity contribution in [3.8, 4) is 5.75 Å². The minimum atomic E-state index is -0.788. The molecule has 0 aliphatic carbocycles. The number of rotatable bonds is 24. The lowest BCUT2D eigenvalue weighted by atomic mass is 10.0. The summed E-state index contributed by atoms with van der Waals surface area (Å²) in [5.41, 5.74) is 1.10. The van der Waals surface area contributed by atoms with Crippen LogP contribution in [-0.4, -0.2) is 35.2 Å². The Labute approximate surface area is 273 Å². The lowest BCUT2D eigenvalue weighted by Crippen LogP contribution is -2.49. The van der Waals surface area contributed by atoms with E-state index in [1.165, 1.54) is 89.9 Å². The highest BCUT2D eigenvalue weighted by molar-refractivity contribution is 5.85. The van der Waals surface area contributed by atoms with Gasteiger partial charge in [-0.1, -0.05) is 134 Å². The second kappa shape index (κ2) is 23.3. The number of benzene rings is 1. The second-order valence-corrected chi connectivity index (χ2v) is 13.3. The van der Waals surface area contributed by atoms with Gasteiger partial charge in [0.2, 0.25) is 5.91 Å². The molecule has 0 fully saturated rings. The molecular formula is C38H61N3O4. The molecule has 1 aromatic carbocycles. The molecule has 0 radical (unpaired) electrons. The molecule has 7 nitrogen and oxygen atoms in total. The van der Waals surface area contributed by atoms with Crippen LogP contribution in [0.15, 0.2) is 48.7 Å². The molecule has 0 aliphatic rings. The van der Waals surface area contributed by atoms with Crippen molar-refractivity contribution in [2.45, 2.75) is 155 Å². The summed E-state index contributed by atoms with van der Waals surface area (Å²) in [7, 11) is 0. The number of carbonyl (C=O) groups is 2. The van der Waals surface area contributed by atoms with E-state index in [-0.39, 0.29) is 12.3 Å². The Morgan fingerprint density at radius 1 is 0.756 bits per heavy atom. The van der Waals surface area contributed by atoms with Crippen LogP contribution in [0.2, 0.25) is 0 Å². The Morgan fingerprint density at radius 2 is 1.31 bits per heavy atom. The van der Waals surface area contributed by atoms with Crippen LogP contribution in [0.1, 0.15) is 142 Å². The highest BCUT2D eigenvalue weighted by atomic mass is 16.6. The number of nitrogens with one attached hydrogen (secondary N) is 2. The summed E-state index contributed by atoms with van der Waals surface area (Å²) >= 11 is 0. The Hall–Kier alpha value is -3.09. The number of ether oxygens (including phenoxy) is 2. The van der Waals surface area contributed by atoms with E-state index in [0.29, 0.717) is 24.6 Å². The van der Waals surface area contributed by atoms with Crippen LogP contribution >= 0.6 is 0 Å². The molecule has 0 bridgehead atoms. The summed E-state index contributed by atoms with van der Waals surface area (Å²) in [6.07, 6.45) is 22.3. The average Bonchev–Trinajstić information content (AvgIpc) is 3.01.